The van der Waals surface area contributed by atoms with Crippen molar-refractivity contribution in [1.82, 2.24) is 5.32 Å². The van der Waals surface area contributed by atoms with Gasteiger partial charge in [0.05, 0.1) is 15.7 Å². The van der Waals surface area contributed by atoms with Gasteiger partial charge < -0.3 is 10.6 Å². The first-order valence-corrected chi connectivity index (χ1v) is 5.52. The number of hydrogen-bond acceptors (Lipinski definition) is 3. The lowest BCUT2D eigenvalue weighted by molar-refractivity contribution is 0.740. The van der Waals surface area contributed by atoms with Crippen LogP contribution in [-0.4, -0.2) is 19.0 Å². The third-order valence-electron chi connectivity index (χ3n) is 2.10. The lowest BCUT2D eigenvalue weighted by atomic mass is 10.3. The molecule has 0 saturated carbocycles. The van der Waals surface area contributed by atoms with Crippen LogP contribution in [-0.2, 0) is 0 Å². The van der Waals surface area contributed by atoms with Crippen LogP contribution in [0.4, 0.5) is 5.69 Å². The molecule has 0 aromatic heterocycles. The molecule has 0 amide bonds. The van der Waals surface area contributed by atoms with Gasteiger partial charge in [-0.3, -0.25) is 4.99 Å². The van der Waals surface area contributed by atoms with E-state index in [-0.39, 0.29) is 0 Å². The van der Waals surface area contributed by atoms with Crippen LogP contribution >= 0.6 is 23.2 Å². The Kier molecular flexibility index (Phi) is 3.34. The van der Waals surface area contributed by atoms with Gasteiger partial charge in [-0.15, -0.1) is 0 Å². The molecule has 2 N–H and O–H groups in total. The van der Waals surface area contributed by atoms with Gasteiger partial charge in [-0.1, -0.05) is 29.3 Å². The van der Waals surface area contributed by atoms with E-state index in [1.54, 1.807) is 6.07 Å². The lowest BCUT2D eigenvalue weighted by Gasteiger charge is -2.16. The SMILES string of the molecule is Clc1cccc(NC2=NCCCN2)c1Cl. The molecule has 1 aliphatic heterocycles. The maximum absolute atomic E-state index is 6.04. The summed E-state index contributed by atoms with van der Waals surface area (Å²) in [5, 5.41) is 7.33. The Balaban J connectivity index is 2.16. The molecule has 0 fully saturated rings. The highest BCUT2D eigenvalue weighted by atomic mass is 35.5. The number of benzene rings is 1. The summed E-state index contributed by atoms with van der Waals surface area (Å²) in [4.78, 5) is 4.29. The number of anilines is 1. The fraction of sp³-hybridized carbons (Fsp3) is 0.300. The monoisotopic (exact) mass is 243 g/mol. The van der Waals surface area contributed by atoms with Crippen LogP contribution in [0.15, 0.2) is 23.2 Å². The highest BCUT2D eigenvalue weighted by Gasteiger charge is 2.08. The fourth-order valence-electron chi connectivity index (χ4n) is 1.34. The molecule has 2 rings (SSSR count). The molecule has 5 heteroatoms. The number of nitrogens with zero attached hydrogens (tertiary/aromatic N) is 1. The summed E-state index contributed by atoms with van der Waals surface area (Å²) in [5.74, 6) is 0.755. The highest BCUT2D eigenvalue weighted by molar-refractivity contribution is 6.44. The Morgan fingerprint density at radius 3 is 2.93 bits per heavy atom. The third-order valence-corrected chi connectivity index (χ3v) is 2.92. The van der Waals surface area contributed by atoms with Gasteiger partial charge in [-0.05, 0) is 18.6 Å². The first-order valence-electron chi connectivity index (χ1n) is 4.77. The predicted octanol–water partition coefficient (Wildman–Crippen LogP) is 2.75. The molecule has 0 unspecified atom stereocenters. The largest absolute Gasteiger partial charge is 0.356 e. The zero-order chi connectivity index (χ0) is 10.7. The Morgan fingerprint density at radius 1 is 1.33 bits per heavy atom. The van der Waals surface area contributed by atoms with Crippen molar-refractivity contribution in [3.8, 4) is 0 Å². The molecule has 0 radical (unpaired) electrons. The Morgan fingerprint density at radius 2 is 2.20 bits per heavy atom. The van der Waals surface area contributed by atoms with E-state index in [0.29, 0.717) is 10.0 Å². The first kappa shape index (κ1) is 10.6. The van der Waals surface area contributed by atoms with E-state index in [1.165, 1.54) is 0 Å². The van der Waals surface area contributed by atoms with Crippen LogP contribution in [0.2, 0.25) is 10.0 Å². The number of guanidine groups is 1. The van der Waals surface area contributed by atoms with Crippen molar-refractivity contribution in [2.45, 2.75) is 6.42 Å². The minimum atomic E-state index is 0.522. The molecular weight excluding hydrogens is 233 g/mol. The fourth-order valence-corrected chi connectivity index (χ4v) is 1.69. The number of hydrogen-bond donors (Lipinski definition) is 2. The zero-order valence-electron chi connectivity index (χ0n) is 8.06. The van der Waals surface area contributed by atoms with Crippen LogP contribution in [0.1, 0.15) is 6.42 Å². The predicted molar refractivity (Wildman–Crippen MR) is 65.0 cm³/mol. The van der Waals surface area contributed by atoms with Crippen LogP contribution in [0, 0.1) is 0 Å². The summed E-state index contributed by atoms with van der Waals surface area (Å²) >= 11 is 11.9. The van der Waals surface area contributed by atoms with Gasteiger partial charge in [0.1, 0.15) is 0 Å². The Labute approximate surface area is 98.5 Å². The van der Waals surface area contributed by atoms with Crippen molar-refractivity contribution in [3.05, 3.63) is 28.2 Å². The molecule has 0 saturated heterocycles. The second kappa shape index (κ2) is 4.73. The summed E-state index contributed by atoms with van der Waals surface area (Å²) in [6, 6.07) is 5.47. The molecule has 1 heterocycles. The molecule has 3 nitrogen and oxygen atoms in total. The van der Waals surface area contributed by atoms with Gasteiger partial charge in [-0.2, -0.15) is 0 Å². The maximum Gasteiger partial charge on any atom is 0.195 e. The minimum Gasteiger partial charge on any atom is -0.356 e. The van der Waals surface area contributed by atoms with E-state index < -0.39 is 0 Å². The maximum atomic E-state index is 6.04. The molecule has 1 aromatic rings. The average molecular weight is 244 g/mol. The number of aliphatic imine (C=N–C) groups is 1. The van der Waals surface area contributed by atoms with E-state index in [0.717, 1.165) is 31.2 Å². The second-order valence-corrected chi connectivity index (χ2v) is 4.02. The summed E-state index contributed by atoms with van der Waals surface area (Å²) in [6.07, 6.45) is 1.06. The van der Waals surface area contributed by atoms with Crippen LogP contribution in [0.5, 0.6) is 0 Å². The zero-order valence-corrected chi connectivity index (χ0v) is 9.57. The highest BCUT2D eigenvalue weighted by Crippen LogP contribution is 2.29. The topological polar surface area (TPSA) is 36.4 Å². The van der Waals surface area contributed by atoms with Crippen molar-refractivity contribution in [1.29, 1.82) is 0 Å². The Bertz CT molecular complexity index is 390. The summed E-state index contributed by atoms with van der Waals surface area (Å²) in [5.41, 5.74) is 0.775. The standard InChI is InChI=1S/C10H11Cl2N3/c11-7-3-1-4-8(9(7)12)15-10-13-5-2-6-14-10/h1,3-4H,2,5-6H2,(H2,13,14,15). The summed E-state index contributed by atoms with van der Waals surface area (Å²) in [7, 11) is 0. The van der Waals surface area contributed by atoms with E-state index in [9.17, 15) is 0 Å². The summed E-state index contributed by atoms with van der Waals surface area (Å²) in [6.45, 7) is 1.78. The Hall–Kier alpha value is -0.930. The van der Waals surface area contributed by atoms with Gasteiger partial charge in [0.25, 0.3) is 0 Å². The van der Waals surface area contributed by atoms with E-state index in [1.807, 2.05) is 12.1 Å². The van der Waals surface area contributed by atoms with Crippen molar-refractivity contribution in [2.75, 3.05) is 18.4 Å². The quantitative estimate of drug-likeness (QED) is 0.796. The van der Waals surface area contributed by atoms with Gasteiger partial charge in [0.2, 0.25) is 0 Å². The molecule has 0 atom stereocenters. The van der Waals surface area contributed by atoms with Crippen LogP contribution in [0.3, 0.4) is 0 Å². The van der Waals surface area contributed by atoms with Crippen molar-refractivity contribution >= 4 is 34.8 Å². The number of halogens is 2. The van der Waals surface area contributed by atoms with E-state index >= 15 is 0 Å². The lowest BCUT2D eigenvalue weighted by Crippen LogP contribution is -2.35. The van der Waals surface area contributed by atoms with Crippen LogP contribution < -0.4 is 10.6 Å². The first-order chi connectivity index (χ1) is 7.27. The summed E-state index contributed by atoms with van der Waals surface area (Å²) < 4.78 is 0. The molecule has 1 aliphatic rings. The van der Waals surface area contributed by atoms with Gasteiger partial charge in [-0.25, -0.2) is 0 Å². The van der Waals surface area contributed by atoms with Crippen molar-refractivity contribution < 1.29 is 0 Å². The molecular formula is C10H11Cl2N3. The number of rotatable bonds is 1. The minimum absolute atomic E-state index is 0.522. The van der Waals surface area contributed by atoms with Crippen molar-refractivity contribution in [3.63, 3.8) is 0 Å². The smallest absolute Gasteiger partial charge is 0.195 e. The molecule has 80 valence electrons. The normalized spacial score (nSPS) is 15.5. The molecule has 0 bridgehead atoms. The van der Waals surface area contributed by atoms with Gasteiger partial charge >= 0.3 is 0 Å². The van der Waals surface area contributed by atoms with Gasteiger partial charge in [0.15, 0.2) is 5.96 Å². The molecule has 0 aliphatic carbocycles. The molecule has 1 aromatic carbocycles. The average Bonchev–Trinajstić information content (AvgIpc) is 2.26. The third kappa shape index (κ3) is 2.55. The van der Waals surface area contributed by atoms with E-state index in [4.69, 9.17) is 23.2 Å². The van der Waals surface area contributed by atoms with E-state index in [2.05, 4.69) is 15.6 Å². The number of nitrogens with one attached hydrogen (secondary N) is 2. The van der Waals surface area contributed by atoms with Crippen LogP contribution in [0.25, 0.3) is 0 Å². The second-order valence-electron chi connectivity index (χ2n) is 3.24. The van der Waals surface area contributed by atoms with Gasteiger partial charge in [0, 0.05) is 13.1 Å². The van der Waals surface area contributed by atoms with Crippen molar-refractivity contribution in [2.24, 2.45) is 4.99 Å². The molecule has 0 spiro atoms. The molecule has 15 heavy (non-hydrogen) atoms.